The minimum absolute atomic E-state index is 0.0796. The van der Waals surface area contributed by atoms with Crippen molar-refractivity contribution in [2.75, 3.05) is 7.11 Å². The Bertz CT molecular complexity index is 386. The first-order valence-electron chi connectivity index (χ1n) is 5.63. The lowest BCUT2D eigenvalue weighted by atomic mass is 9.88. The summed E-state index contributed by atoms with van der Waals surface area (Å²) in [6.07, 6.45) is 2.20. The van der Waals surface area contributed by atoms with Gasteiger partial charge in [-0.3, -0.25) is 0 Å². The van der Waals surface area contributed by atoms with E-state index in [0.717, 1.165) is 18.4 Å². The van der Waals surface area contributed by atoms with Crippen molar-refractivity contribution >= 4 is 0 Å². The van der Waals surface area contributed by atoms with Crippen LogP contribution in [0.2, 0.25) is 0 Å². The normalized spacial score (nSPS) is 19.2. The maximum atomic E-state index is 12.9. The third-order valence-electron chi connectivity index (χ3n) is 3.66. The second-order valence-corrected chi connectivity index (χ2v) is 4.61. The van der Waals surface area contributed by atoms with Crippen molar-refractivity contribution in [2.24, 2.45) is 5.73 Å². The molecule has 0 amide bonds. The first kappa shape index (κ1) is 11.4. The summed E-state index contributed by atoms with van der Waals surface area (Å²) in [5.74, 6) is 0.617. The zero-order valence-corrected chi connectivity index (χ0v) is 9.79. The summed E-state index contributed by atoms with van der Waals surface area (Å²) < 4.78 is 18.0. The average molecular weight is 223 g/mol. The molecule has 0 spiro atoms. The van der Waals surface area contributed by atoms with Crippen LogP contribution in [0.3, 0.4) is 0 Å². The largest absolute Gasteiger partial charge is 0.496 e. The summed E-state index contributed by atoms with van der Waals surface area (Å²) in [4.78, 5) is 0. The van der Waals surface area contributed by atoms with Crippen LogP contribution in [0.4, 0.5) is 4.39 Å². The summed E-state index contributed by atoms with van der Waals surface area (Å²) >= 11 is 0. The molecule has 0 aromatic heterocycles. The Morgan fingerprint density at radius 1 is 1.50 bits per heavy atom. The lowest BCUT2D eigenvalue weighted by Gasteiger charge is -2.21. The highest BCUT2D eigenvalue weighted by atomic mass is 19.1. The number of methoxy groups -OCH3 is 1. The first-order chi connectivity index (χ1) is 7.64. The molecule has 3 heteroatoms. The molecule has 2 nitrogen and oxygen atoms in total. The fraction of sp³-hybridized carbons (Fsp3) is 0.538. The highest BCUT2D eigenvalue weighted by Crippen LogP contribution is 2.50. The molecule has 1 aromatic carbocycles. The molecule has 2 rings (SSSR count). The molecule has 1 atom stereocenters. The smallest absolute Gasteiger partial charge is 0.124 e. The van der Waals surface area contributed by atoms with Gasteiger partial charge in [0.2, 0.25) is 0 Å². The predicted molar refractivity (Wildman–Crippen MR) is 62.4 cm³/mol. The van der Waals surface area contributed by atoms with E-state index in [0.29, 0.717) is 11.3 Å². The van der Waals surface area contributed by atoms with Gasteiger partial charge in [-0.25, -0.2) is 4.39 Å². The SMILES string of the molecule is COc1ccc(C2(C(C)N)CC2)cc1CF. The molecule has 1 aliphatic rings. The van der Waals surface area contributed by atoms with Crippen LogP contribution in [0.1, 0.15) is 30.9 Å². The molecule has 1 aliphatic carbocycles. The molecular weight excluding hydrogens is 205 g/mol. The van der Waals surface area contributed by atoms with Gasteiger partial charge in [0.15, 0.2) is 0 Å². The monoisotopic (exact) mass is 223 g/mol. The Labute approximate surface area is 95.6 Å². The fourth-order valence-corrected chi connectivity index (χ4v) is 2.33. The van der Waals surface area contributed by atoms with Gasteiger partial charge in [-0.1, -0.05) is 6.07 Å². The Morgan fingerprint density at radius 3 is 2.62 bits per heavy atom. The van der Waals surface area contributed by atoms with Gasteiger partial charge in [-0.05, 0) is 37.5 Å². The molecule has 1 aromatic rings. The molecule has 0 bridgehead atoms. The number of alkyl halides is 1. The molecule has 88 valence electrons. The van der Waals surface area contributed by atoms with E-state index >= 15 is 0 Å². The molecular formula is C13H18FNO. The van der Waals surface area contributed by atoms with E-state index in [2.05, 4.69) is 0 Å². The molecule has 1 fully saturated rings. The lowest BCUT2D eigenvalue weighted by molar-refractivity contribution is 0.393. The zero-order chi connectivity index (χ0) is 11.8. The van der Waals surface area contributed by atoms with Gasteiger partial charge in [0.05, 0.1) is 7.11 Å². The summed E-state index contributed by atoms with van der Waals surface area (Å²) in [5.41, 5.74) is 7.85. The minimum atomic E-state index is -0.494. The Hall–Kier alpha value is -1.09. The van der Waals surface area contributed by atoms with E-state index in [-0.39, 0.29) is 11.5 Å². The Morgan fingerprint density at radius 2 is 2.19 bits per heavy atom. The molecule has 2 N–H and O–H groups in total. The number of hydrogen-bond donors (Lipinski definition) is 1. The van der Waals surface area contributed by atoms with Crippen LogP contribution in [0.5, 0.6) is 5.75 Å². The zero-order valence-electron chi connectivity index (χ0n) is 9.79. The molecule has 0 radical (unpaired) electrons. The highest BCUT2D eigenvalue weighted by molar-refractivity contribution is 5.43. The molecule has 0 aliphatic heterocycles. The number of benzene rings is 1. The van der Waals surface area contributed by atoms with Crippen molar-refractivity contribution in [3.8, 4) is 5.75 Å². The van der Waals surface area contributed by atoms with Crippen LogP contribution in [-0.4, -0.2) is 13.2 Å². The standard InChI is InChI=1S/C13H18FNO/c1-9(15)13(5-6-13)11-3-4-12(16-2)10(7-11)8-14/h3-4,7,9H,5-6,8,15H2,1-2H3. The van der Waals surface area contributed by atoms with Crippen molar-refractivity contribution in [1.82, 2.24) is 0 Å². The molecule has 1 saturated carbocycles. The van der Waals surface area contributed by atoms with E-state index in [1.54, 1.807) is 7.11 Å². The fourth-order valence-electron chi connectivity index (χ4n) is 2.33. The highest BCUT2D eigenvalue weighted by Gasteiger charge is 2.47. The van der Waals surface area contributed by atoms with E-state index in [9.17, 15) is 4.39 Å². The summed E-state index contributed by atoms with van der Waals surface area (Å²) in [5, 5.41) is 0. The lowest BCUT2D eigenvalue weighted by Crippen LogP contribution is -2.31. The van der Waals surface area contributed by atoms with E-state index in [4.69, 9.17) is 10.5 Å². The van der Waals surface area contributed by atoms with Gasteiger partial charge in [-0.2, -0.15) is 0 Å². The van der Waals surface area contributed by atoms with E-state index < -0.39 is 6.67 Å². The second-order valence-electron chi connectivity index (χ2n) is 4.61. The van der Waals surface area contributed by atoms with Crippen molar-refractivity contribution in [1.29, 1.82) is 0 Å². The first-order valence-corrected chi connectivity index (χ1v) is 5.63. The topological polar surface area (TPSA) is 35.2 Å². The number of nitrogens with two attached hydrogens (primary N) is 1. The second kappa shape index (κ2) is 4.06. The van der Waals surface area contributed by atoms with Crippen LogP contribution >= 0.6 is 0 Å². The van der Waals surface area contributed by atoms with Gasteiger partial charge in [0.1, 0.15) is 12.4 Å². The summed E-state index contributed by atoms with van der Waals surface area (Å²) in [6.45, 7) is 1.53. The van der Waals surface area contributed by atoms with Crippen LogP contribution in [0, 0.1) is 0 Å². The quantitative estimate of drug-likeness (QED) is 0.851. The molecule has 16 heavy (non-hydrogen) atoms. The van der Waals surface area contributed by atoms with E-state index in [1.807, 2.05) is 25.1 Å². The van der Waals surface area contributed by atoms with Crippen molar-refractivity contribution < 1.29 is 9.13 Å². The van der Waals surface area contributed by atoms with E-state index in [1.165, 1.54) is 0 Å². The Kier molecular flexibility index (Phi) is 2.89. The van der Waals surface area contributed by atoms with Gasteiger partial charge >= 0.3 is 0 Å². The van der Waals surface area contributed by atoms with Crippen LogP contribution in [0.25, 0.3) is 0 Å². The van der Waals surface area contributed by atoms with Crippen LogP contribution < -0.4 is 10.5 Å². The van der Waals surface area contributed by atoms with Crippen molar-refractivity contribution in [3.63, 3.8) is 0 Å². The molecule has 1 unspecified atom stereocenters. The average Bonchev–Trinajstić information content (AvgIpc) is 3.09. The van der Waals surface area contributed by atoms with Gasteiger partial charge < -0.3 is 10.5 Å². The maximum absolute atomic E-state index is 12.9. The minimum Gasteiger partial charge on any atom is -0.496 e. The summed E-state index contributed by atoms with van der Waals surface area (Å²) in [6, 6.07) is 5.87. The summed E-state index contributed by atoms with van der Waals surface area (Å²) in [7, 11) is 1.56. The van der Waals surface area contributed by atoms with Crippen molar-refractivity contribution in [2.45, 2.75) is 37.9 Å². The maximum Gasteiger partial charge on any atom is 0.124 e. The third kappa shape index (κ3) is 1.69. The van der Waals surface area contributed by atoms with Gasteiger partial charge in [0.25, 0.3) is 0 Å². The van der Waals surface area contributed by atoms with Crippen LogP contribution in [0.15, 0.2) is 18.2 Å². The van der Waals surface area contributed by atoms with Gasteiger partial charge in [0, 0.05) is 17.0 Å². The molecule has 0 saturated heterocycles. The predicted octanol–water partition coefficient (Wildman–Crippen LogP) is 2.54. The Balaban J connectivity index is 2.37. The number of rotatable bonds is 4. The number of hydrogen-bond acceptors (Lipinski definition) is 2. The molecule has 0 heterocycles. The number of ether oxygens (including phenoxy) is 1. The number of halogens is 1. The van der Waals surface area contributed by atoms with Crippen molar-refractivity contribution in [3.05, 3.63) is 29.3 Å². The van der Waals surface area contributed by atoms with Gasteiger partial charge in [-0.15, -0.1) is 0 Å². The van der Waals surface area contributed by atoms with Crippen LogP contribution in [-0.2, 0) is 12.1 Å². The third-order valence-corrected chi connectivity index (χ3v) is 3.66.